The number of nitrogens with two attached hydrogens (primary N) is 1. The van der Waals surface area contributed by atoms with E-state index in [2.05, 4.69) is 39.8 Å². The van der Waals surface area contributed by atoms with Crippen LogP contribution >= 0.6 is 0 Å². The molecule has 0 bridgehead atoms. The molecule has 0 saturated carbocycles. The number of aryl methyl sites for hydroxylation is 1. The Morgan fingerprint density at radius 1 is 1.35 bits per heavy atom. The quantitative estimate of drug-likeness (QED) is 0.864. The molecule has 0 fully saturated rings. The van der Waals surface area contributed by atoms with Crippen molar-refractivity contribution in [2.75, 3.05) is 0 Å². The first-order valence-corrected chi connectivity index (χ1v) is 6.61. The lowest BCUT2D eigenvalue weighted by molar-refractivity contribution is 0.193. The van der Waals surface area contributed by atoms with Gasteiger partial charge in [-0.05, 0) is 30.4 Å². The Labute approximate surface area is 104 Å². The van der Waals surface area contributed by atoms with Crippen LogP contribution in [-0.4, -0.2) is 6.10 Å². The largest absolute Gasteiger partial charge is 0.488 e. The summed E-state index contributed by atoms with van der Waals surface area (Å²) in [6.07, 6.45) is 2.31. The summed E-state index contributed by atoms with van der Waals surface area (Å²) in [5, 5.41) is 0. The van der Waals surface area contributed by atoms with Crippen LogP contribution in [0.4, 0.5) is 0 Å². The van der Waals surface area contributed by atoms with Crippen molar-refractivity contribution in [2.24, 2.45) is 5.73 Å². The molecule has 2 N–H and O–H groups in total. The van der Waals surface area contributed by atoms with Crippen LogP contribution < -0.4 is 10.5 Å². The molecule has 0 aliphatic carbocycles. The minimum Gasteiger partial charge on any atom is -0.488 e. The second-order valence-corrected chi connectivity index (χ2v) is 5.34. The number of rotatable bonds is 3. The molecule has 1 aromatic carbocycles. The predicted molar refractivity (Wildman–Crippen MR) is 71.5 cm³/mol. The maximum Gasteiger partial charge on any atom is 0.128 e. The van der Waals surface area contributed by atoms with Gasteiger partial charge in [0.25, 0.3) is 0 Å². The van der Waals surface area contributed by atoms with E-state index in [9.17, 15) is 0 Å². The fraction of sp³-hybridized carbons (Fsp3) is 0.600. The van der Waals surface area contributed by atoms with E-state index in [1.54, 1.807) is 0 Å². The molecule has 0 amide bonds. The highest BCUT2D eigenvalue weighted by Crippen LogP contribution is 2.43. The lowest BCUT2D eigenvalue weighted by atomic mass is 9.92. The number of hydrogen-bond donors (Lipinski definition) is 1. The highest BCUT2D eigenvalue weighted by Gasteiger charge is 2.34. The molecule has 1 aromatic rings. The summed E-state index contributed by atoms with van der Waals surface area (Å²) in [6.45, 7) is 8.70. The first-order chi connectivity index (χ1) is 8.06. The SMILES string of the molecule is CCCC1Oc2c(C(C)C)ccc(C)c2C1N. The fourth-order valence-corrected chi connectivity index (χ4v) is 2.65. The monoisotopic (exact) mass is 233 g/mol. The molecule has 0 aromatic heterocycles. The first kappa shape index (κ1) is 12.4. The molecule has 1 aliphatic rings. The Balaban J connectivity index is 2.44. The van der Waals surface area contributed by atoms with Gasteiger partial charge in [0.1, 0.15) is 11.9 Å². The smallest absolute Gasteiger partial charge is 0.128 e. The average molecular weight is 233 g/mol. The van der Waals surface area contributed by atoms with Crippen molar-refractivity contribution >= 4 is 0 Å². The van der Waals surface area contributed by atoms with Crippen LogP contribution in [0, 0.1) is 6.92 Å². The summed E-state index contributed by atoms with van der Waals surface area (Å²) in [5.74, 6) is 1.54. The highest BCUT2D eigenvalue weighted by molar-refractivity contribution is 5.52. The summed E-state index contributed by atoms with van der Waals surface area (Å²) in [4.78, 5) is 0. The minimum atomic E-state index is 0.0450. The van der Waals surface area contributed by atoms with Crippen molar-refractivity contribution in [3.63, 3.8) is 0 Å². The molecule has 2 unspecified atom stereocenters. The highest BCUT2D eigenvalue weighted by atomic mass is 16.5. The molecule has 2 heteroatoms. The zero-order chi connectivity index (χ0) is 12.6. The summed E-state index contributed by atoms with van der Waals surface area (Å²) in [6, 6.07) is 4.40. The van der Waals surface area contributed by atoms with Gasteiger partial charge in [-0.3, -0.25) is 0 Å². The van der Waals surface area contributed by atoms with Crippen molar-refractivity contribution in [1.29, 1.82) is 0 Å². The van der Waals surface area contributed by atoms with Crippen molar-refractivity contribution in [1.82, 2.24) is 0 Å². The van der Waals surface area contributed by atoms with Gasteiger partial charge in [-0.1, -0.05) is 39.3 Å². The predicted octanol–water partition coefficient (Wildman–Crippen LogP) is 3.68. The van der Waals surface area contributed by atoms with Crippen LogP contribution in [0.1, 0.15) is 62.3 Å². The maximum atomic E-state index is 6.32. The lowest BCUT2D eigenvalue weighted by Gasteiger charge is -2.14. The van der Waals surface area contributed by atoms with E-state index in [0.29, 0.717) is 5.92 Å². The Hall–Kier alpha value is -1.02. The van der Waals surface area contributed by atoms with E-state index >= 15 is 0 Å². The van der Waals surface area contributed by atoms with Gasteiger partial charge in [-0.15, -0.1) is 0 Å². The van der Waals surface area contributed by atoms with Gasteiger partial charge < -0.3 is 10.5 Å². The number of benzene rings is 1. The van der Waals surface area contributed by atoms with E-state index in [0.717, 1.165) is 18.6 Å². The maximum absolute atomic E-state index is 6.32. The second-order valence-electron chi connectivity index (χ2n) is 5.34. The van der Waals surface area contributed by atoms with Gasteiger partial charge in [-0.2, -0.15) is 0 Å². The third-order valence-electron chi connectivity index (χ3n) is 3.64. The van der Waals surface area contributed by atoms with Gasteiger partial charge >= 0.3 is 0 Å². The Bertz CT molecular complexity index is 412. The van der Waals surface area contributed by atoms with E-state index in [4.69, 9.17) is 10.5 Å². The molecule has 94 valence electrons. The Kier molecular flexibility index (Phi) is 3.43. The number of hydrogen-bond acceptors (Lipinski definition) is 2. The molecule has 0 radical (unpaired) electrons. The van der Waals surface area contributed by atoms with Crippen LogP contribution in [-0.2, 0) is 0 Å². The van der Waals surface area contributed by atoms with Crippen LogP contribution in [0.15, 0.2) is 12.1 Å². The molecular weight excluding hydrogens is 210 g/mol. The molecule has 2 rings (SSSR count). The number of ether oxygens (including phenoxy) is 1. The zero-order valence-electron chi connectivity index (χ0n) is 11.3. The molecule has 1 heterocycles. The van der Waals surface area contributed by atoms with Crippen LogP contribution in [0.3, 0.4) is 0 Å². The van der Waals surface area contributed by atoms with Crippen molar-refractivity contribution in [3.05, 3.63) is 28.8 Å². The third-order valence-corrected chi connectivity index (χ3v) is 3.64. The molecular formula is C15H23NO. The van der Waals surface area contributed by atoms with Gasteiger partial charge in [0.05, 0.1) is 6.04 Å². The standard InChI is InChI=1S/C15H23NO/c1-5-6-12-14(16)13-10(4)7-8-11(9(2)3)15(13)17-12/h7-9,12,14H,5-6,16H2,1-4H3. The van der Waals surface area contributed by atoms with E-state index in [1.807, 2.05) is 0 Å². The molecule has 2 atom stereocenters. The minimum absolute atomic E-state index is 0.0450. The van der Waals surface area contributed by atoms with Crippen LogP contribution in [0.25, 0.3) is 0 Å². The summed E-state index contributed by atoms with van der Waals surface area (Å²) >= 11 is 0. The molecule has 0 saturated heterocycles. The topological polar surface area (TPSA) is 35.2 Å². The molecule has 1 aliphatic heterocycles. The van der Waals surface area contributed by atoms with Gasteiger partial charge in [0.15, 0.2) is 0 Å². The van der Waals surface area contributed by atoms with Gasteiger partial charge in [-0.25, -0.2) is 0 Å². The number of fused-ring (bicyclic) bond motifs is 1. The first-order valence-electron chi connectivity index (χ1n) is 6.61. The van der Waals surface area contributed by atoms with Crippen molar-refractivity contribution in [2.45, 2.75) is 58.6 Å². The average Bonchev–Trinajstić information content (AvgIpc) is 2.58. The van der Waals surface area contributed by atoms with E-state index in [-0.39, 0.29) is 12.1 Å². The van der Waals surface area contributed by atoms with Crippen molar-refractivity contribution < 1.29 is 4.74 Å². The third kappa shape index (κ3) is 2.06. The Morgan fingerprint density at radius 3 is 2.65 bits per heavy atom. The molecule has 17 heavy (non-hydrogen) atoms. The lowest BCUT2D eigenvalue weighted by Crippen LogP contribution is -2.25. The van der Waals surface area contributed by atoms with Gasteiger partial charge in [0, 0.05) is 5.56 Å². The van der Waals surface area contributed by atoms with Crippen LogP contribution in [0.5, 0.6) is 5.75 Å². The van der Waals surface area contributed by atoms with Crippen LogP contribution in [0.2, 0.25) is 0 Å². The van der Waals surface area contributed by atoms with Gasteiger partial charge in [0.2, 0.25) is 0 Å². The van der Waals surface area contributed by atoms with E-state index in [1.165, 1.54) is 16.7 Å². The molecule has 2 nitrogen and oxygen atoms in total. The summed E-state index contributed by atoms with van der Waals surface area (Å²) in [7, 11) is 0. The summed E-state index contributed by atoms with van der Waals surface area (Å²) < 4.78 is 6.11. The normalized spacial score (nSPS) is 22.7. The Morgan fingerprint density at radius 2 is 2.06 bits per heavy atom. The second kappa shape index (κ2) is 4.69. The zero-order valence-corrected chi connectivity index (χ0v) is 11.3. The molecule has 0 spiro atoms. The summed E-state index contributed by atoms with van der Waals surface area (Å²) in [5.41, 5.74) is 10.1. The van der Waals surface area contributed by atoms with E-state index < -0.39 is 0 Å². The fourth-order valence-electron chi connectivity index (χ4n) is 2.65. The van der Waals surface area contributed by atoms with Crippen molar-refractivity contribution in [3.8, 4) is 5.75 Å².